The maximum absolute atomic E-state index is 6.18. The molecule has 154 valence electrons. The predicted octanol–water partition coefficient (Wildman–Crippen LogP) is 3.31. The summed E-state index contributed by atoms with van der Waals surface area (Å²) in [6.07, 6.45) is 0.0709. The zero-order valence-corrected chi connectivity index (χ0v) is 17.0. The summed E-state index contributed by atoms with van der Waals surface area (Å²) in [6, 6.07) is 32.0. The standard InChI is InChI=1S/C26H28N2O2/c27-16-19-17-29-25-23(18-30-24(19)25)28-26(20-10-4-1-5-11-20,21-12-6-2-7-13-21)22-14-8-3-9-15-22/h1-15,19,23-25,28H,16-18,27H2/t19-,23-,24+,25+/m0/s1. The molecule has 0 aromatic heterocycles. The van der Waals surface area contributed by atoms with Gasteiger partial charge in [-0.15, -0.1) is 0 Å². The molecule has 0 spiro atoms. The Balaban J connectivity index is 1.63. The second kappa shape index (κ2) is 8.32. The molecule has 4 atom stereocenters. The molecule has 0 bridgehead atoms. The van der Waals surface area contributed by atoms with Crippen molar-refractivity contribution in [1.29, 1.82) is 0 Å². The fraction of sp³-hybridized carbons (Fsp3) is 0.308. The first-order valence-corrected chi connectivity index (χ1v) is 10.7. The van der Waals surface area contributed by atoms with Gasteiger partial charge < -0.3 is 15.2 Å². The summed E-state index contributed by atoms with van der Waals surface area (Å²) in [5, 5.41) is 4.00. The van der Waals surface area contributed by atoms with Gasteiger partial charge in [0.2, 0.25) is 0 Å². The van der Waals surface area contributed by atoms with E-state index in [0.717, 1.165) is 0 Å². The fourth-order valence-electron chi connectivity index (χ4n) is 5.00. The summed E-state index contributed by atoms with van der Waals surface area (Å²) in [7, 11) is 0. The topological polar surface area (TPSA) is 56.5 Å². The maximum atomic E-state index is 6.18. The molecule has 4 nitrogen and oxygen atoms in total. The maximum Gasteiger partial charge on any atom is 0.102 e. The van der Waals surface area contributed by atoms with Gasteiger partial charge in [0.25, 0.3) is 0 Å². The van der Waals surface area contributed by atoms with Crippen LogP contribution in [0.4, 0.5) is 0 Å². The minimum Gasteiger partial charge on any atom is -0.373 e. The lowest BCUT2D eigenvalue weighted by Gasteiger charge is -2.40. The molecule has 3 N–H and O–H groups in total. The molecular formula is C26H28N2O2. The van der Waals surface area contributed by atoms with Gasteiger partial charge in [0.05, 0.1) is 30.9 Å². The largest absolute Gasteiger partial charge is 0.373 e. The molecule has 3 aromatic rings. The SMILES string of the molecule is NC[C@H]1CO[C@H]2[C@@H]1OC[C@@H]2NC(c1ccccc1)(c1ccccc1)c1ccccc1. The number of rotatable bonds is 6. The molecule has 2 saturated heterocycles. The first-order valence-electron chi connectivity index (χ1n) is 10.7. The predicted molar refractivity (Wildman–Crippen MR) is 118 cm³/mol. The van der Waals surface area contributed by atoms with Crippen LogP contribution < -0.4 is 11.1 Å². The van der Waals surface area contributed by atoms with Gasteiger partial charge in [0.1, 0.15) is 6.10 Å². The van der Waals surface area contributed by atoms with Gasteiger partial charge in [-0.3, -0.25) is 5.32 Å². The van der Waals surface area contributed by atoms with E-state index in [1.54, 1.807) is 0 Å². The summed E-state index contributed by atoms with van der Waals surface area (Å²) in [6.45, 7) is 1.87. The zero-order valence-electron chi connectivity index (χ0n) is 17.0. The number of hydrogen-bond donors (Lipinski definition) is 2. The van der Waals surface area contributed by atoms with E-state index in [2.05, 4.69) is 96.3 Å². The lowest BCUT2D eigenvalue weighted by atomic mass is 9.76. The van der Waals surface area contributed by atoms with Gasteiger partial charge in [-0.1, -0.05) is 91.0 Å². The fourth-order valence-corrected chi connectivity index (χ4v) is 5.00. The van der Waals surface area contributed by atoms with Crippen LogP contribution in [0, 0.1) is 5.92 Å². The molecule has 0 amide bonds. The van der Waals surface area contributed by atoms with E-state index in [1.807, 2.05) is 0 Å². The highest BCUT2D eigenvalue weighted by molar-refractivity contribution is 5.49. The van der Waals surface area contributed by atoms with E-state index in [1.165, 1.54) is 16.7 Å². The van der Waals surface area contributed by atoms with Crippen LogP contribution >= 0.6 is 0 Å². The summed E-state index contributed by atoms with van der Waals surface area (Å²) in [4.78, 5) is 0. The molecule has 0 saturated carbocycles. The molecule has 0 radical (unpaired) electrons. The van der Waals surface area contributed by atoms with E-state index >= 15 is 0 Å². The smallest absolute Gasteiger partial charge is 0.102 e. The second-order valence-electron chi connectivity index (χ2n) is 8.19. The quantitative estimate of drug-likeness (QED) is 0.624. The van der Waals surface area contributed by atoms with Gasteiger partial charge in [-0.2, -0.15) is 0 Å². The number of benzene rings is 3. The van der Waals surface area contributed by atoms with Crippen LogP contribution in [0.5, 0.6) is 0 Å². The van der Waals surface area contributed by atoms with E-state index < -0.39 is 5.54 Å². The Labute approximate surface area is 178 Å². The van der Waals surface area contributed by atoms with E-state index in [-0.39, 0.29) is 24.2 Å². The Hall–Kier alpha value is -2.50. The van der Waals surface area contributed by atoms with E-state index in [0.29, 0.717) is 19.8 Å². The van der Waals surface area contributed by atoms with Crippen molar-refractivity contribution in [3.63, 3.8) is 0 Å². The third-order valence-corrected chi connectivity index (χ3v) is 6.48. The van der Waals surface area contributed by atoms with Crippen LogP contribution in [0.1, 0.15) is 16.7 Å². The number of fused-ring (bicyclic) bond motifs is 1. The lowest BCUT2D eigenvalue weighted by molar-refractivity contribution is 0.0623. The zero-order chi connectivity index (χ0) is 20.4. The summed E-state index contributed by atoms with van der Waals surface area (Å²) >= 11 is 0. The Bertz CT molecular complexity index is 852. The average Bonchev–Trinajstić information content (AvgIpc) is 3.41. The Morgan fingerprint density at radius 3 is 1.63 bits per heavy atom. The third kappa shape index (κ3) is 3.26. The van der Waals surface area contributed by atoms with Gasteiger partial charge in [0, 0.05) is 5.92 Å². The second-order valence-corrected chi connectivity index (χ2v) is 8.19. The summed E-state index contributed by atoms with van der Waals surface area (Å²) < 4.78 is 12.4. The van der Waals surface area contributed by atoms with Gasteiger partial charge in [0.15, 0.2) is 0 Å². The summed E-state index contributed by atoms with van der Waals surface area (Å²) in [5.74, 6) is 0.265. The van der Waals surface area contributed by atoms with Crippen molar-refractivity contribution >= 4 is 0 Å². The highest BCUT2D eigenvalue weighted by atomic mass is 16.6. The highest BCUT2D eigenvalue weighted by Gasteiger charge is 2.50. The first kappa shape index (κ1) is 19.5. The molecule has 2 fully saturated rings. The van der Waals surface area contributed by atoms with Gasteiger partial charge in [-0.25, -0.2) is 0 Å². The molecular weight excluding hydrogens is 372 g/mol. The van der Waals surface area contributed by atoms with Crippen molar-refractivity contribution in [3.05, 3.63) is 108 Å². The molecule has 30 heavy (non-hydrogen) atoms. The van der Waals surface area contributed by atoms with E-state index in [4.69, 9.17) is 15.2 Å². The molecule has 3 aromatic carbocycles. The van der Waals surface area contributed by atoms with Crippen molar-refractivity contribution in [2.24, 2.45) is 11.7 Å². The number of nitrogens with one attached hydrogen (secondary N) is 1. The van der Waals surface area contributed by atoms with Crippen LogP contribution in [0.2, 0.25) is 0 Å². The lowest BCUT2D eigenvalue weighted by Crippen LogP contribution is -2.54. The Kier molecular flexibility index (Phi) is 5.40. The van der Waals surface area contributed by atoms with Gasteiger partial charge in [-0.05, 0) is 23.2 Å². The monoisotopic (exact) mass is 400 g/mol. The van der Waals surface area contributed by atoms with Crippen LogP contribution in [0.25, 0.3) is 0 Å². The van der Waals surface area contributed by atoms with Crippen molar-refractivity contribution in [2.45, 2.75) is 23.8 Å². The van der Waals surface area contributed by atoms with Crippen LogP contribution in [0.3, 0.4) is 0 Å². The molecule has 4 heteroatoms. The molecule has 2 aliphatic heterocycles. The normalized spacial score (nSPS) is 25.9. The molecule has 0 unspecified atom stereocenters. The first-order chi connectivity index (χ1) is 14.8. The van der Waals surface area contributed by atoms with Crippen LogP contribution in [-0.4, -0.2) is 38.0 Å². The molecule has 2 heterocycles. The summed E-state index contributed by atoms with van der Waals surface area (Å²) in [5.41, 5.74) is 9.02. The average molecular weight is 401 g/mol. The van der Waals surface area contributed by atoms with Crippen LogP contribution in [-0.2, 0) is 15.0 Å². The van der Waals surface area contributed by atoms with Crippen molar-refractivity contribution in [3.8, 4) is 0 Å². The third-order valence-electron chi connectivity index (χ3n) is 6.48. The Morgan fingerprint density at radius 2 is 1.17 bits per heavy atom. The van der Waals surface area contributed by atoms with Crippen LogP contribution in [0.15, 0.2) is 91.0 Å². The molecule has 2 aliphatic rings. The molecule has 0 aliphatic carbocycles. The van der Waals surface area contributed by atoms with E-state index in [9.17, 15) is 0 Å². The minimum absolute atomic E-state index is 0.00839. The molecule has 5 rings (SSSR count). The Morgan fingerprint density at radius 1 is 0.700 bits per heavy atom. The van der Waals surface area contributed by atoms with Gasteiger partial charge >= 0.3 is 0 Å². The number of ether oxygens (including phenoxy) is 2. The van der Waals surface area contributed by atoms with Crippen molar-refractivity contribution < 1.29 is 9.47 Å². The minimum atomic E-state index is -0.517. The number of nitrogens with two attached hydrogens (primary N) is 1. The number of hydrogen-bond acceptors (Lipinski definition) is 4. The van der Waals surface area contributed by atoms with Crippen molar-refractivity contribution in [2.75, 3.05) is 19.8 Å². The van der Waals surface area contributed by atoms with Crippen molar-refractivity contribution in [1.82, 2.24) is 5.32 Å². The highest BCUT2D eigenvalue weighted by Crippen LogP contribution is 2.40.